The molecule has 1 N–H and O–H groups in total. The molecule has 0 aliphatic rings. The Morgan fingerprint density at radius 2 is 2.00 bits per heavy atom. The third-order valence-electron chi connectivity index (χ3n) is 3.18. The van der Waals surface area contributed by atoms with Crippen LogP contribution in [0.3, 0.4) is 0 Å². The van der Waals surface area contributed by atoms with E-state index in [0.717, 1.165) is 30.1 Å². The van der Waals surface area contributed by atoms with E-state index in [9.17, 15) is 0 Å². The highest BCUT2D eigenvalue weighted by Crippen LogP contribution is 2.05. The quantitative estimate of drug-likeness (QED) is 0.755. The van der Waals surface area contributed by atoms with E-state index < -0.39 is 0 Å². The molecule has 21 heavy (non-hydrogen) atoms. The summed E-state index contributed by atoms with van der Waals surface area (Å²) in [6, 6.07) is 12.2. The molecule has 2 heterocycles. The first-order valence-electron chi connectivity index (χ1n) is 6.98. The molecule has 5 heteroatoms. The number of rotatable bonds is 6. The van der Waals surface area contributed by atoms with Gasteiger partial charge in [0, 0.05) is 24.4 Å². The van der Waals surface area contributed by atoms with E-state index in [1.54, 1.807) is 0 Å². The van der Waals surface area contributed by atoms with Crippen LogP contribution in [-0.2, 0) is 19.6 Å². The van der Waals surface area contributed by atoms with Gasteiger partial charge in [0.15, 0.2) is 5.76 Å². The number of hydrogen-bond donors (Lipinski definition) is 1. The van der Waals surface area contributed by atoms with Gasteiger partial charge in [0.2, 0.25) is 0 Å². The van der Waals surface area contributed by atoms with Crippen molar-refractivity contribution in [2.45, 2.75) is 26.6 Å². The first kappa shape index (κ1) is 13.6. The Morgan fingerprint density at radius 1 is 1.14 bits per heavy atom. The van der Waals surface area contributed by atoms with Crippen molar-refractivity contribution in [2.24, 2.45) is 0 Å². The maximum absolute atomic E-state index is 5.15. The van der Waals surface area contributed by atoms with Crippen LogP contribution < -0.4 is 5.32 Å². The minimum atomic E-state index is 0.671. The van der Waals surface area contributed by atoms with Crippen LogP contribution in [0.2, 0.25) is 0 Å². The Morgan fingerprint density at radius 3 is 2.76 bits per heavy atom. The van der Waals surface area contributed by atoms with E-state index in [4.69, 9.17) is 4.52 Å². The summed E-state index contributed by atoms with van der Waals surface area (Å²) >= 11 is 0. The molecule has 0 fully saturated rings. The molecule has 0 spiro atoms. The average Bonchev–Trinajstić information content (AvgIpc) is 3.10. The van der Waals surface area contributed by atoms with Crippen molar-refractivity contribution in [3.63, 3.8) is 0 Å². The van der Waals surface area contributed by atoms with Gasteiger partial charge in [-0.2, -0.15) is 5.10 Å². The molecule has 5 nitrogen and oxygen atoms in total. The molecule has 0 saturated heterocycles. The molecule has 0 aliphatic carbocycles. The SMILES string of the molecule is Cc1cc(CNCc2cnn(Cc3ccccc3)c2)on1. The Balaban J connectivity index is 1.51. The predicted octanol–water partition coefficient (Wildman–Crippen LogP) is 2.52. The van der Waals surface area contributed by atoms with Gasteiger partial charge in [-0.05, 0) is 12.5 Å². The number of hydrogen-bond acceptors (Lipinski definition) is 4. The van der Waals surface area contributed by atoms with E-state index in [1.165, 1.54) is 5.56 Å². The lowest BCUT2D eigenvalue weighted by Crippen LogP contribution is -2.11. The maximum Gasteiger partial charge on any atom is 0.150 e. The van der Waals surface area contributed by atoms with E-state index in [2.05, 4.69) is 33.9 Å². The molecule has 0 radical (unpaired) electrons. The monoisotopic (exact) mass is 282 g/mol. The molecule has 0 amide bonds. The number of benzene rings is 1. The normalized spacial score (nSPS) is 10.9. The van der Waals surface area contributed by atoms with Crippen molar-refractivity contribution in [1.82, 2.24) is 20.3 Å². The Labute approximate surface area is 123 Å². The van der Waals surface area contributed by atoms with E-state index in [-0.39, 0.29) is 0 Å². The maximum atomic E-state index is 5.15. The first-order chi connectivity index (χ1) is 10.3. The number of nitrogens with one attached hydrogen (secondary N) is 1. The second-order valence-corrected chi connectivity index (χ2v) is 5.07. The Bertz CT molecular complexity index is 687. The fraction of sp³-hybridized carbons (Fsp3) is 0.250. The zero-order valence-corrected chi connectivity index (χ0v) is 12.0. The van der Waals surface area contributed by atoms with Gasteiger partial charge in [0.1, 0.15) is 0 Å². The van der Waals surface area contributed by atoms with Crippen molar-refractivity contribution >= 4 is 0 Å². The summed E-state index contributed by atoms with van der Waals surface area (Å²) in [5.74, 6) is 0.851. The summed E-state index contributed by atoms with van der Waals surface area (Å²) in [5.41, 5.74) is 3.31. The second kappa shape index (κ2) is 6.37. The smallest absolute Gasteiger partial charge is 0.150 e. The van der Waals surface area contributed by atoms with Crippen LogP contribution in [0.25, 0.3) is 0 Å². The van der Waals surface area contributed by atoms with E-state index in [0.29, 0.717) is 6.54 Å². The van der Waals surface area contributed by atoms with Crippen LogP contribution in [-0.4, -0.2) is 14.9 Å². The third-order valence-corrected chi connectivity index (χ3v) is 3.18. The lowest BCUT2D eigenvalue weighted by molar-refractivity contribution is 0.369. The zero-order chi connectivity index (χ0) is 14.5. The molecule has 0 bridgehead atoms. The van der Waals surface area contributed by atoms with Gasteiger partial charge in [0.25, 0.3) is 0 Å². The number of nitrogens with zero attached hydrogens (tertiary/aromatic N) is 3. The summed E-state index contributed by atoms with van der Waals surface area (Å²) in [6.45, 7) is 4.14. The highest BCUT2D eigenvalue weighted by atomic mass is 16.5. The fourth-order valence-electron chi connectivity index (χ4n) is 2.18. The van der Waals surface area contributed by atoms with Gasteiger partial charge in [-0.3, -0.25) is 4.68 Å². The number of aromatic nitrogens is 3. The molecule has 2 aromatic heterocycles. The summed E-state index contributed by atoms with van der Waals surface area (Å²) in [5, 5.41) is 11.6. The van der Waals surface area contributed by atoms with Gasteiger partial charge in [-0.15, -0.1) is 0 Å². The van der Waals surface area contributed by atoms with Crippen molar-refractivity contribution < 1.29 is 4.52 Å². The standard InChI is InChI=1S/C16H18N4O/c1-13-7-16(21-19-13)10-17-8-15-9-18-20(12-15)11-14-5-3-2-4-6-14/h2-7,9,12,17H,8,10-11H2,1H3. The van der Waals surface area contributed by atoms with Crippen LogP contribution in [0.5, 0.6) is 0 Å². The topological polar surface area (TPSA) is 55.9 Å². The lowest BCUT2D eigenvalue weighted by Gasteiger charge is -2.01. The molecule has 3 rings (SSSR count). The molecule has 0 atom stereocenters. The molecule has 0 unspecified atom stereocenters. The van der Waals surface area contributed by atoms with Gasteiger partial charge < -0.3 is 9.84 Å². The summed E-state index contributed by atoms with van der Waals surface area (Å²) in [7, 11) is 0. The highest BCUT2D eigenvalue weighted by molar-refractivity contribution is 5.15. The zero-order valence-electron chi connectivity index (χ0n) is 12.0. The third kappa shape index (κ3) is 3.79. The van der Waals surface area contributed by atoms with E-state index in [1.807, 2.05) is 42.1 Å². The van der Waals surface area contributed by atoms with Crippen LogP contribution in [0.4, 0.5) is 0 Å². The average molecular weight is 282 g/mol. The van der Waals surface area contributed by atoms with E-state index >= 15 is 0 Å². The van der Waals surface area contributed by atoms with Crippen LogP contribution in [0.15, 0.2) is 53.3 Å². The molecule has 0 aliphatic heterocycles. The Kier molecular flexibility index (Phi) is 4.12. The van der Waals surface area contributed by atoms with Crippen molar-refractivity contribution in [3.8, 4) is 0 Å². The minimum Gasteiger partial charge on any atom is -0.360 e. The fourth-order valence-corrected chi connectivity index (χ4v) is 2.18. The molecule has 1 aromatic carbocycles. The van der Waals surface area contributed by atoms with Gasteiger partial charge >= 0.3 is 0 Å². The number of aryl methyl sites for hydroxylation is 1. The second-order valence-electron chi connectivity index (χ2n) is 5.07. The molecular formula is C16H18N4O. The molecule has 0 saturated carbocycles. The van der Waals surface area contributed by atoms with Crippen molar-refractivity contribution in [1.29, 1.82) is 0 Å². The molecule has 108 valence electrons. The Hall–Kier alpha value is -2.40. The van der Waals surface area contributed by atoms with Gasteiger partial charge in [-0.25, -0.2) is 0 Å². The van der Waals surface area contributed by atoms with Crippen LogP contribution in [0, 0.1) is 6.92 Å². The minimum absolute atomic E-state index is 0.671. The summed E-state index contributed by atoms with van der Waals surface area (Å²) in [6.07, 6.45) is 3.95. The summed E-state index contributed by atoms with van der Waals surface area (Å²) < 4.78 is 7.10. The predicted molar refractivity (Wildman–Crippen MR) is 79.6 cm³/mol. The lowest BCUT2D eigenvalue weighted by atomic mass is 10.2. The molecule has 3 aromatic rings. The van der Waals surface area contributed by atoms with Crippen molar-refractivity contribution in [3.05, 3.63) is 71.4 Å². The largest absolute Gasteiger partial charge is 0.360 e. The highest BCUT2D eigenvalue weighted by Gasteiger charge is 2.02. The molecular weight excluding hydrogens is 264 g/mol. The van der Waals surface area contributed by atoms with Crippen molar-refractivity contribution in [2.75, 3.05) is 0 Å². The van der Waals surface area contributed by atoms with Gasteiger partial charge in [-0.1, -0.05) is 35.5 Å². The summed E-state index contributed by atoms with van der Waals surface area (Å²) in [4.78, 5) is 0. The van der Waals surface area contributed by atoms with Crippen LogP contribution in [0.1, 0.15) is 22.6 Å². The first-order valence-corrected chi connectivity index (χ1v) is 6.98. The van der Waals surface area contributed by atoms with Crippen LogP contribution >= 0.6 is 0 Å². The van der Waals surface area contributed by atoms with Gasteiger partial charge in [0.05, 0.1) is 25.0 Å².